The summed E-state index contributed by atoms with van der Waals surface area (Å²) in [5.41, 5.74) is 0. The third kappa shape index (κ3) is 10.1. The average Bonchev–Trinajstić information content (AvgIpc) is 0. The summed E-state index contributed by atoms with van der Waals surface area (Å²) in [7, 11) is 0. The molecule has 0 radical (unpaired) electrons. The van der Waals surface area contributed by atoms with Gasteiger partial charge in [0.2, 0.25) is 0 Å². The number of halogens is 1. The molecule has 0 heterocycles. The summed E-state index contributed by atoms with van der Waals surface area (Å²) < 4.78 is 0. The Morgan fingerprint density at radius 2 is 1.00 bits per heavy atom. The first-order valence-electron chi connectivity index (χ1n) is 0. The second kappa shape index (κ2) is 26.3. The first-order chi connectivity index (χ1) is 0. The van der Waals surface area contributed by atoms with Crippen LogP contribution in [0.3, 0.4) is 0 Å². The molecule has 1 nitrogen and oxygen atoms in total. The molecule has 0 fully saturated rings. The third-order valence-electron chi connectivity index (χ3n) is 0. The number of rotatable bonds is 0. The van der Waals surface area contributed by atoms with Gasteiger partial charge in [0.25, 0.3) is 0 Å². The monoisotopic (exact) mass is 92.0 g/mol. The average molecular weight is 92.4 g/mol. The molecule has 0 saturated carbocycles. The zero-order valence-electron chi connectivity index (χ0n) is 0.908. The van der Waals surface area contributed by atoms with Crippen molar-refractivity contribution in [3.8, 4) is 0 Å². The van der Waals surface area contributed by atoms with Crippen LogP contribution in [0.25, 0.3) is 0 Å². The molecule has 0 rings (SSSR count). The second-order valence-electron chi connectivity index (χ2n) is 0. The van der Waals surface area contributed by atoms with E-state index in [1.54, 1.807) is 0 Å². The minimum absolute atomic E-state index is 0. The zero-order chi connectivity index (χ0) is 0. The van der Waals surface area contributed by atoms with Gasteiger partial charge < -0.3 is 5.48 Å². The standard InChI is InChI=1S/Al.ClH.Li.H2O.4H/h;1H;;1H2;;;;. The first kappa shape index (κ1) is 54.2. The summed E-state index contributed by atoms with van der Waals surface area (Å²) >= 11 is 0. The molecule has 0 bridgehead atoms. The summed E-state index contributed by atoms with van der Waals surface area (Å²) in [6, 6.07) is 0. The molecule has 0 atom stereocenters. The van der Waals surface area contributed by atoms with Crippen molar-refractivity contribution in [3.63, 3.8) is 0 Å². The molecule has 24 valence electrons. The van der Waals surface area contributed by atoms with Gasteiger partial charge in [-0.1, -0.05) is 0 Å². The molecule has 0 spiro atoms. The van der Waals surface area contributed by atoms with E-state index in [1.165, 1.54) is 0 Å². The van der Waals surface area contributed by atoms with Crippen molar-refractivity contribution >= 4 is 48.6 Å². The summed E-state index contributed by atoms with van der Waals surface area (Å²) in [6.45, 7) is 0. The Kier molecular flexibility index (Phi) is 356. The van der Waals surface area contributed by atoms with Crippen LogP contribution in [0.4, 0.5) is 0 Å². The van der Waals surface area contributed by atoms with E-state index in [0.717, 1.165) is 0 Å². The Morgan fingerprint density at radius 1 is 1.00 bits per heavy atom. The zero-order valence-corrected chi connectivity index (χ0v) is 1.72. The van der Waals surface area contributed by atoms with Crippen LogP contribution in [0.2, 0.25) is 0 Å². The predicted molar refractivity (Wildman–Crippen MR) is 27.9 cm³/mol. The third-order valence-corrected chi connectivity index (χ3v) is 0. The van der Waals surface area contributed by atoms with E-state index in [2.05, 4.69) is 0 Å². The minimum atomic E-state index is 0. The van der Waals surface area contributed by atoms with Gasteiger partial charge in [0.1, 0.15) is 0 Å². The maximum atomic E-state index is 0. The molecule has 0 saturated heterocycles. The van der Waals surface area contributed by atoms with E-state index < -0.39 is 0 Å². The fraction of sp³-hybridized carbons (Fsp3) is 0. The summed E-state index contributed by atoms with van der Waals surface area (Å²) in [6.07, 6.45) is 0. The molecule has 0 aliphatic rings. The maximum absolute atomic E-state index is 0. The van der Waals surface area contributed by atoms with E-state index in [1.807, 2.05) is 0 Å². The molecule has 0 aromatic carbocycles. The topological polar surface area (TPSA) is 31.5 Å². The summed E-state index contributed by atoms with van der Waals surface area (Å²) in [5.74, 6) is 0. The molecular weight excluding hydrogens is 85.4 g/mol. The Morgan fingerprint density at radius 3 is 1.00 bits per heavy atom. The number of hydrogen-bond acceptors (Lipinski definition) is 0. The van der Waals surface area contributed by atoms with Crippen LogP contribution < -0.4 is 0 Å². The Balaban J connectivity index is 0. The van der Waals surface area contributed by atoms with Crippen molar-refractivity contribution in [2.45, 2.75) is 0 Å². The van der Waals surface area contributed by atoms with Crippen LogP contribution in [0.5, 0.6) is 0 Å². The molecule has 4 heteroatoms. The fourth-order valence-electron chi connectivity index (χ4n) is 0. The van der Waals surface area contributed by atoms with E-state index in [-0.39, 0.29) is 54.1 Å². The molecule has 0 aromatic heterocycles. The van der Waals surface area contributed by atoms with Gasteiger partial charge in [-0.25, -0.2) is 0 Å². The van der Waals surface area contributed by atoms with Crippen LogP contribution >= 0.6 is 12.4 Å². The van der Waals surface area contributed by atoms with Crippen molar-refractivity contribution in [3.05, 3.63) is 0 Å². The Bertz CT molecular complexity index is 8.00. The van der Waals surface area contributed by atoms with Gasteiger partial charge in [-0.2, -0.15) is 0 Å². The predicted octanol–water partition coefficient (Wildman–Crippen LogP) is -2.24. The van der Waals surface area contributed by atoms with Gasteiger partial charge in [-0.3, -0.25) is 0 Å². The van der Waals surface area contributed by atoms with Gasteiger partial charge in [-0.05, 0) is 0 Å². The van der Waals surface area contributed by atoms with Crippen molar-refractivity contribution in [1.82, 2.24) is 0 Å². The van der Waals surface area contributed by atoms with Crippen molar-refractivity contribution < 1.29 is 5.48 Å². The SMILES string of the molecule is Cl.O.[AlH3].[LiH]. The van der Waals surface area contributed by atoms with Crippen molar-refractivity contribution in [2.24, 2.45) is 0 Å². The molecule has 2 N–H and O–H groups in total. The molecule has 0 aliphatic heterocycles. The molecule has 0 aromatic rings. The van der Waals surface area contributed by atoms with E-state index in [0.29, 0.717) is 0 Å². The molecule has 0 unspecified atom stereocenters. The molecule has 0 aliphatic carbocycles. The van der Waals surface area contributed by atoms with Crippen LogP contribution in [0.1, 0.15) is 0 Å². The van der Waals surface area contributed by atoms with Crippen molar-refractivity contribution in [2.75, 3.05) is 0 Å². The number of hydrogen-bond donors (Lipinski definition) is 0. The van der Waals surface area contributed by atoms with Gasteiger partial charge in [0.05, 0.1) is 0 Å². The summed E-state index contributed by atoms with van der Waals surface area (Å²) in [5, 5.41) is 0. The molecule has 0 amide bonds. The Labute approximate surface area is 54.2 Å². The molecule has 4 heavy (non-hydrogen) atoms. The van der Waals surface area contributed by atoms with Gasteiger partial charge in [0.15, 0.2) is 17.4 Å². The fourth-order valence-corrected chi connectivity index (χ4v) is 0. The van der Waals surface area contributed by atoms with Crippen LogP contribution in [-0.2, 0) is 0 Å². The van der Waals surface area contributed by atoms with Crippen LogP contribution in [-0.4, -0.2) is 41.7 Å². The van der Waals surface area contributed by atoms with Gasteiger partial charge in [-0.15, -0.1) is 12.4 Å². The van der Waals surface area contributed by atoms with Gasteiger partial charge in [0, 0.05) is 0 Å². The second-order valence-corrected chi connectivity index (χ2v) is 0. The van der Waals surface area contributed by atoms with Gasteiger partial charge >= 0.3 is 18.9 Å². The van der Waals surface area contributed by atoms with E-state index >= 15 is 0 Å². The molecular formula is H7AlClLiO. The first-order valence-corrected chi connectivity index (χ1v) is 0. The van der Waals surface area contributed by atoms with Crippen molar-refractivity contribution in [1.29, 1.82) is 0 Å². The van der Waals surface area contributed by atoms with E-state index in [4.69, 9.17) is 0 Å². The quantitative estimate of drug-likeness (QED) is 0.303. The van der Waals surface area contributed by atoms with Crippen LogP contribution in [0.15, 0.2) is 0 Å². The van der Waals surface area contributed by atoms with E-state index in [9.17, 15) is 0 Å². The Hall–Kier alpha value is 1.38. The summed E-state index contributed by atoms with van der Waals surface area (Å²) in [4.78, 5) is 0. The normalized spacial score (nSPS) is 0. The van der Waals surface area contributed by atoms with Crippen LogP contribution in [0, 0.1) is 0 Å².